The summed E-state index contributed by atoms with van der Waals surface area (Å²) in [5.74, 6) is -0.422. The second-order valence-corrected chi connectivity index (χ2v) is 5.83. The summed E-state index contributed by atoms with van der Waals surface area (Å²) in [6, 6.07) is 8.96. The Kier molecular flexibility index (Phi) is 4.99. The fourth-order valence-corrected chi connectivity index (χ4v) is 2.56. The molecule has 0 aliphatic carbocycles. The number of anilines is 1. The third-order valence-electron chi connectivity index (χ3n) is 3.65. The minimum Gasteiger partial charge on any atom is -0.303 e. The Morgan fingerprint density at radius 3 is 2.73 bits per heavy atom. The summed E-state index contributed by atoms with van der Waals surface area (Å²) in [7, 11) is 0. The number of carbonyl (C=O) groups excluding carboxylic acids is 1. The minimum atomic E-state index is -0.688. The van der Waals surface area contributed by atoms with Gasteiger partial charge >= 0.3 is 5.69 Å². The first-order valence-electron chi connectivity index (χ1n) is 7.78. The number of halogens is 1. The molecule has 0 fully saturated rings. The van der Waals surface area contributed by atoms with Crippen molar-refractivity contribution in [2.45, 2.75) is 20.0 Å². The Hall–Kier alpha value is -3.20. The number of nitrogens with one attached hydrogen (secondary N) is 1. The predicted octanol–water partition coefficient (Wildman–Crippen LogP) is 2.96. The first-order chi connectivity index (χ1) is 12.5. The minimum absolute atomic E-state index is 0.252. The van der Waals surface area contributed by atoms with Crippen molar-refractivity contribution in [2.24, 2.45) is 0 Å². The molecule has 1 N–H and O–H groups in total. The quantitative estimate of drug-likeness (QED) is 0.527. The van der Waals surface area contributed by atoms with Crippen molar-refractivity contribution < 1.29 is 9.72 Å². The maximum atomic E-state index is 12.3. The van der Waals surface area contributed by atoms with Gasteiger partial charge in [0.1, 0.15) is 6.20 Å². The summed E-state index contributed by atoms with van der Waals surface area (Å²) in [5, 5.41) is 22.4. The van der Waals surface area contributed by atoms with Gasteiger partial charge in [0.2, 0.25) is 5.69 Å². The zero-order valence-electron chi connectivity index (χ0n) is 13.8. The number of carbonyl (C=O) groups is 1. The monoisotopic (exact) mass is 374 g/mol. The zero-order valence-corrected chi connectivity index (χ0v) is 14.6. The molecule has 0 atom stereocenters. The van der Waals surface area contributed by atoms with Gasteiger partial charge in [0, 0.05) is 23.8 Å². The highest BCUT2D eigenvalue weighted by atomic mass is 35.5. The van der Waals surface area contributed by atoms with Gasteiger partial charge in [-0.2, -0.15) is 10.2 Å². The van der Waals surface area contributed by atoms with E-state index in [1.165, 1.54) is 10.9 Å². The Morgan fingerprint density at radius 1 is 1.27 bits per heavy atom. The summed E-state index contributed by atoms with van der Waals surface area (Å²) in [6.45, 7) is 2.62. The summed E-state index contributed by atoms with van der Waals surface area (Å²) >= 11 is 6.12. The van der Waals surface area contributed by atoms with Gasteiger partial charge in [-0.05, 0) is 18.6 Å². The number of benzene rings is 1. The van der Waals surface area contributed by atoms with Crippen LogP contribution in [-0.4, -0.2) is 30.4 Å². The molecule has 0 saturated heterocycles. The molecule has 0 bridgehead atoms. The molecule has 9 nitrogen and oxygen atoms in total. The Bertz CT molecular complexity index is 965. The lowest BCUT2D eigenvalue weighted by atomic mass is 10.2. The summed E-state index contributed by atoms with van der Waals surface area (Å²) in [5.41, 5.74) is 0.282. The van der Waals surface area contributed by atoms with Gasteiger partial charge < -0.3 is 5.32 Å². The molecule has 0 saturated carbocycles. The Labute approximate surface area is 153 Å². The smallest absolute Gasteiger partial charge is 0.303 e. The zero-order chi connectivity index (χ0) is 18.7. The SMILES string of the molecule is CCn1cc([N+](=O)[O-])c(C(=O)Nc2ccn(Cc3ccccc3Cl)n2)n1. The van der Waals surface area contributed by atoms with Crippen LogP contribution >= 0.6 is 11.6 Å². The number of aryl methyl sites for hydroxylation is 1. The number of nitrogens with zero attached hydrogens (tertiary/aromatic N) is 5. The van der Waals surface area contributed by atoms with Crippen LogP contribution in [0.25, 0.3) is 0 Å². The molecule has 26 heavy (non-hydrogen) atoms. The van der Waals surface area contributed by atoms with Gasteiger partial charge in [0.15, 0.2) is 5.82 Å². The molecule has 3 rings (SSSR count). The van der Waals surface area contributed by atoms with E-state index < -0.39 is 10.8 Å². The summed E-state index contributed by atoms with van der Waals surface area (Å²) in [4.78, 5) is 22.8. The molecule has 1 aromatic carbocycles. The lowest BCUT2D eigenvalue weighted by molar-refractivity contribution is -0.385. The molecule has 1 amide bonds. The average molecular weight is 375 g/mol. The molecule has 2 aromatic heterocycles. The van der Waals surface area contributed by atoms with Gasteiger partial charge in [-0.25, -0.2) is 0 Å². The lowest BCUT2D eigenvalue weighted by Crippen LogP contribution is -2.15. The van der Waals surface area contributed by atoms with E-state index in [0.29, 0.717) is 18.1 Å². The molecule has 3 aromatic rings. The largest absolute Gasteiger partial charge is 0.320 e. The molecule has 2 heterocycles. The van der Waals surface area contributed by atoms with Crippen molar-refractivity contribution in [3.8, 4) is 0 Å². The maximum Gasteiger partial charge on any atom is 0.320 e. The van der Waals surface area contributed by atoms with Gasteiger partial charge in [-0.15, -0.1) is 0 Å². The molecule has 0 aliphatic heterocycles. The molecule has 0 aliphatic rings. The third-order valence-corrected chi connectivity index (χ3v) is 4.02. The van der Waals surface area contributed by atoms with Crippen molar-refractivity contribution >= 4 is 29.0 Å². The van der Waals surface area contributed by atoms with E-state index in [2.05, 4.69) is 15.5 Å². The van der Waals surface area contributed by atoms with Crippen LogP contribution in [0.1, 0.15) is 23.0 Å². The predicted molar refractivity (Wildman–Crippen MR) is 95.3 cm³/mol. The number of rotatable bonds is 6. The van der Waals surface area contributed by atoms with Crippen molar-refractivity contribution in [3.63, 3.8) is 0 Å². The van der Waals surface area contributed by atoms with E-state index in [0.717, 1.165) is 5.56 Å². The van der Waals surface area contributed by atoms with Crippen molar-refractivity contribution in [2.75, 3.05) is 5.32 Å². The van der Waals surface area contributed by atoms with E-state index in [-0.39, 0.29) is 17.2 Å². The molecule has 10 heteroatoms. The lowest BCUT2D eigenvalue weighted by Gasteiger charge is -2.04. The van der Waals surface area contributed by atoms with Crippen LogP contribution in [0.3, 0.4) is 0 Å². The van der Waals surface area contributed by atoms with Crippen LogP contribution in [0.5, 0.6) is 0 Å². The first kappa shape index (κ1) is 17.6. The molecular formula is C16H15ClN6O3. The molecule has 0 spiro atoms. The number of nitro groups is 1. The number of hydrogen-bond acceptors (Lipinski definition) is 5. The summed E-state index contributed by atoms with van der Waals surface area (Å²) in [6.07, 6.45) is 2.91. The van der Waals surface area contributed by atoms with Crippen LogP contribution in [0.4, 0.5) is 11.5 Å². The second kappa shape index (κ2) is 7.36. The highest BCUT2D eigenvalue weighted by Crippen LogP contribution is 2.19. The topological polar surface area (TPSA) is 108 Å². The third kappa shape index (κ3) is 3.72. The molecule has 0 radical (unpaired) electrons. The van der Waals surface area contributed by atoms with Gasteiger partial charge in [0.05, 0.1) is 11.5 Å². The van der Waals surface area contributed by atoms with E-state index in [1.807, 2.05) is 18.2 Å². The molecule has 0 unspecified atom stereocenters. The van der Waals surface area contributed by atoms with Gasteiger partial charge in [-0.3, -0.25) is 24.3 Å². The van der Waals surface area contributed by atoms with E-state index in [4.69, 9.17) is 11.6 Å². The summed E-state index contributed by atoms with van der Waals surface area (Å²) < 4.78 is 2.94. The number of hydrogen-bond donors (Lipinski definition) is 1. The number of aromatic nitrogens is 4. The van der Waals surface area contributed by atoms with Crippen molar-refractivity contribution in [1.29, 1.82) is 0 Å². The van der Waals surface area contributed by atoms with Gasteiger partial charge in [0.25, 0.3) is 5.91 Å². The fourth-order valence-electron chi connectivity index (χ4n) is 2.36. The maximum absolute atomic E-state index is 12.3. The van der Waals surface area contributed by atoms with E-state index in [9.17, 15) is 14.9 Å². The van der Waals surface area contributed by atoms with E-state index in [1.54, 1.807) is 29.9 Å². The van der Waals surface area contributed by atoms with Crippen LogP contribution in [0.15, 0.2) is 42.7 Å². The first-order valence-corrected chi connectivity index (χ1v) is 8.15. The Balaban J connectivity index is 1.75. The van der Waals surface area contributed by atoms with Crippen LogP contribution < -0.4 is 5.32 Å². The molecular weight excluding hydrogens is 360 g/mol. The second-order valence-electron chi connectivity index (χ2n) is 5.42. The molecule has 134 valence electrons. The number of amides is 1. The average Bonchev–Trinajstić information content (AvgIpc) is 3.23. The highest BCUT2D eigenvalue weighted by molar-refractivity contribution is 6.31. The van der Waals surface area contributed by atoms with Crippen molar-refractivity contribution in [3.05, 3.63) is 69.1 Å². The van der Waals surface area contributed by atoms with Crippen LogP contribution in [-0.2, 0) is 13.1 Å². The van der Waals surface area contributed by atoms with E-state index >= 15 is 0 Å². The standard InChI is InChI=1S/C16H15ClN6O3/c1-2-21-10-13(23(25)26)15(20-21)16(24)18-14-7-8-22(19-14)9-11-5-3-4-6-12(11)17/h3-8,10H,2,9H2,1H3,(H,18,19,24). The van der Waals surface area contributed by atoms with Crippen molar-refractivity contribution in [1.82, 2.24) is 19.6 Å². The fraction of sp³-hybridized carbons (Fsp3) is 0.188. The Morgan fingerprint density at radius 2 is 2.04 bits per heavy atom. The normalized spacial score (nSPS) is 10.7. The van der Waals surface area contributed by atoms with Crippen LogP contribution in [0.2, 0.25) is 5.02 Å². The van der Waals surface area contributed by atoms with Crippen LogP contribution in [0, 0.1) is 10.1 Å². The highest BCUT2D eigenvalue weighted by Gasteiger charge is 2.25. The van der Waals surface area contributed by atoms with Gasteiger partial charge in [-0.1, -0.05) is 29.8 Å².